The van der Waals surface area contributed by atoms with Gasteiger partial charge in [-0.2, -0.15) is 5.10 Å². The first-order valence-electron chi connectivity index (χ1n) is 15.0. The Hall–Kier alpha value is -4.61. The Kier molecular flexibility index (Phi) is 9.36. The zero-order valence-corrected chi connectivity index (χ0v) is 25.0. The number of carbonyl (C=O) groups is 4. The maximum absolute atomic E-state index is 13.8. The van der Waals surface area contributed by atoms with E-state index in [-0.39, 0.29) is 36.1 Å². The summed E-state index contributed by atoms with van der Waals surface area (Å²) in [4.78, 5) is 51.8. The molecule has 12 nitrogen and oxygen atoms in total. The van der Waals surface area contributed by atoms with Gasteiger partial charge in [-0.3, -0.25) is 14.4 Å². The Morgan fingerprint density at radius 3 is 2.25 bits per heavy atom. The van der Waals surface area contributed by atoms with E-state index in [4.69, 9.17) is 20.3 Å². The van der Waals surface area contributed by atoms with E-state index in [9.17, 15) is 24.3 Å². The van der Waals surface area contributed by atoms with Crippen molar-refractivity contribution < 1.29 is 33.8 Å². The first-order valence-corrected chi connectivity index (χ1v) is 15.0. The van der Waals surface area contributed by atoms with Gasteiger partial charge in [0.25, 0.3) is 0 Å². The lowest BCUT2D eigenvalue weighted by molar-refractivity contribution is -0.143. The van der Waals surface area contributed by atoms with Crippen LogP contribution in [0.3, 0.4) is 0 Å². The number of nitrogens with zero attached hydrogens (tertiary/aromatic N) is 3. The van der Waals surface area contributed by atoms with E-state index in [1.807, 2.05) is 18.2 Å². The van der Waals surface area contributed by atoms with Crippen molar-refractivity contribution >= 4 is 29.5 Å². The van der Waals surface area contributed by atoms with Crippen LogP contribution in [-0.4, -0.2) is 83.9 Å². The third kappa shape index (κ3) is 6.48. The highest BCUT2D eigenvalue weighted by molar-refractivity contribution is 6.07. The van der Waals surface area contributed by atoms with E-state index < -0.39 is 18.0 Å². The summed E-state index contributed by atoms with van der Waals surface area (Å²) >= 11 is 0. The van der Waals surface area contributed by atoms with Crippen molar-refractivity contribution in [2.45, 2.75) is 57.0 Å². The molecule has 5 rings (SSSR count). The SMILES string of the molecule is COc1ccc(C2=NN(C3CCN(C(=O)[C@@H](Cc4ccc(C(N)=O)cc4)NC(=O)O)CC3)C(=O)[C@@H]3CCCC[C@H]23)cc1OC. The van der Waals surface area contributed by atoms with Gasteiger partial charge < -0.3 is 30.5 Å². The topological polar surface area (TPSA) is 164 Å². The normalized spacial score (nSPS) is 21.1. The van der Waals surface area contributed by atoms with Crippen molar-refractivity contribution in [1.29, 1.82) is 0 Å². The number of fused-ring (bicyclic) bond motifs is 1. The highest BCUT2D eigenvalue weighted by atomic mass is 16.5. The molecule has 1 saturated heterocycles. The number of hydrogen-bond donors (Lipinski definition) is 3. The standard InChI is InChI=1S/C32H39N5O7/c1-43-26-12-11-21(18-27(26)44-2)28-23-5-3-4-6-24(23)30(39)37(35-28)22-13-15-36(16-14-22)31(40)25(34-32(41)42)17-19-7-9-20(10-8-19)29(33)38/h7-12,18,22-25,34H,3-6,13-17H2,1-2H3,(H2,33,38)(H,41,42)/t23-,24+,25+/m0/s1. The lowest BCUT2D eigenvalue weighted by Crippen LogP contribution is -2.55. The van der Waals surface area contributed by atoms with Crippen molar-refractivity contribution in [3.63, 3.8) is 0 Å². The number of amides is 4. The van der Waals surface area contributed by atoms with Crippen LogP contribution in [0.2, 0.25) is 0 Å². The zero-order chi connectivity index (χ0) is 31.4. The van der Waals surface area contributed by atoms with Crippen molar-refractivity contribution in [2.75, 3.05) is 27.3 Å². The molecule has 2 heterocycles. The highest BCUT2D eigenvalue weighted by Gasteiger charge is 2.44. The first kappa shape index (κ1) is 30.8. The monoisotopic (exact) mass is 605 g/mol. The minimum atomic E-state index is -1.30. The number of nitrogens with one attached hydrogen (secondary N) is 1. The Labute approximate surface area is 256 Å². The third-order valence-electron chi connectivity index (χ3n) is 8.95. The molecule has 0 radical (unpaired) electrons. The van der Waals surface area contributed by atoms with Crippen molar-refractivity contribution in [1.82, 2.24) is 15.2 Å². The fourth-order valence-electron chi connectivity index (χ4n) is 6.63. The first-order chi connectivity index (χ1) is 21.2. The maximum atomic E-state index is 13.8. The average Bonchev–Trinajstić information content (AvgIpc) is 3.04. The number of hydrogen-bond acceptors (Lipinski definition) is 7. The van der Waals surface area contributed by atoms with Crippen LogP contribution < -0.4 is 20.5 Å². The van der Waals surface area contributed by atoms with Gasteiger partial charge in [0.05, 0.1) is 26.0 Å². The molecule has 2 aromatic carbocycles. The van der Waals surface area contributed by atoms with Gasteiger partial charge >= 0.3 is 6.09 Å². The number of methoxy groups -OCH3 is 2. The molecular weight excluding hydrogens is 566 g/mol. The van der Waals surface area contributed by atoms with Gasteiger partial charge in [0, 0.05) is 42.5 Å². The quantitative estimate of drug-likeness (QED) is 0.395. The Bertz CT molecular complexity index is 1430. The molecule has 0 aromatic heterocycles. The summed E-state index contributed by atoms with van der Waals surface area (Å²) in [5.74, 6) is 0.244. The van der Waals surface area contributed by atoms with Crippen LogP contribution in [0.25, 0.3) is 0 Å². The number of carbonyl (C=O) groups excluding carboxylic acids is 3. The number of rotatable bonds is 9. The maximum Gasteiger partial charge on any atom is 0.405 e. The Morgan fingerprint density at radius 2 is 1.64 bits per heavy atom. The van der Waals surface area contributed by atoms with Crippen LogP contribution in [-0.2, 0) is 16.0 Å². The van der Waals surface area contributed by atoms with Crippen LogP contribution >= 0.6 is 0 Å². The van der Waals surface area contributed by atoms with Gasteiger partial charge in [-0.25, -0.2) is 9.80 Å². The van der Waals surface area contributed by atoms with Crippen LogP contribution in [0.1, 0.15) is 60.0 Å². The summed E-state index contributed by atoms with van der Waals surface area (Å²) < 4.78 is 11.0. The summed E-state index contributed by atoms with van der Waals surface area (Å²) in [6, 6.07) is 11.0. The lowest BCUT2D eigenvalue weighted by atomic mass is 9.73. The molecule has 2 aliphatic heterocycles. The minimum Gasteiger partial charge on any atom is -0.493 e. The van der Waals surface area contributed by atoms with E-state index in [1.165, 1.54) is 0 Å². The molecule has 2 fully saturated rings. The van der Waals surface area contributed by atoms with Crippen molar-refractivity contribution in [3.8, 4) is 11.5 Å². The average molecular weight is 606 g/mol. The number of primary amides is 1. The largest absolute Gasteiger partial charge is 0.493 e. The number of hydrazone groups is 1. The zero-order valence-electron chi connectivity index (χ0n) is 25.0. The second-order valence-corrected chi connectivity index (χ2v) is 11.6. The molecule has 4 amide bonds. The molecule has 4 N–H and O–H groups in total. The molecule has 0 bridgehead atoms. The predicted octanol–water partition coefficient (Wildman–Crippen LogP) is 3.03. The van der Waals surface area contributed by atoms with Gasteiger partial charge in [-0.05, 0) is 61.6 Å². The van der Waals surface area contributed by atoms with E-state index in [1.54, 1.807) is 48.4 Å². The van der Waals surface area contributed by atoms with Gasteiger partial charge in [0.2, 0.25) is 17.7 Å². The summed E-state index contributed by atoms with van der Waals surface area (Å²) in [6.45, 7) is 0.724. The van der Waals surface area contributed by atoms with E-state index in [2.05, 4.69) is 5.32 Å². The lowest BCUT2D eigenvalue weighted by Gasteiger charge is -2.43. The molecule has 234 valence electrons. The van der Waals surface area contributed by atoms with Gasteiger partial charge in [0.1, 0.15) is 6.04 Å². The molecule has 0 spiro atoms. The van der Waals surface area contributed by atoms with Crippen LogP contribution in [0.15, 0.2) is 47.6 Å². The molecule has 1 saturated carbocycles. The van der Waals surface area contributed by atoms with E-state index >= 15 is 0 Å². The number of piperidine rings is 1. The Balaban J connectivity index is 1.32. The third-order valence-corrected chi connectivity index (χ3v) is 8.95. The second-order valence-electron chi connectivity index (χ2n) is 11.6. The van der Waals surface area contributed by atoms with Gasteiger partial charge in [0.15, 0.2) is 11.5 Å². The number of carboxylic acid groups (broad SMARTS) is 1. The molecule has 1 aliphatic carbocycles. The van der Waals surface area contributed by atoms with Crippen LogP contribution in [0.5, 0.6) is 11.5 Å². The number of nitrogens with two attached hydrogens (primary N) is 1. The fourth-order valence-corrected chi connectivity index (χ4v) is 6.63. The fraction of sp³-hybridized carbons (Fsp3) is 0.469. The second kappa shape index (κ2) is 13.4. The molecule has 0 unspecified atom stereocenters. The summed E-state index contributed by atoms with van der Waals surface area (Å²) in [7, 11) is 3.18. The summed E-state index contributed by atoms with van der Waals surface area (Å²) in [5, 5.41) is 18.4. The van der Waals surface area contributed by atoms with Crippen LogP contribution in [0, 0.1) is 11.8 Å². The molecule has 2 aromatic rings. The Morgan fingerprint density at radius 1 is 0.977 bits per heavy atom. The number of benzene rings is 2. The van der Waals surface area contributed by atoms with Gasteiger partial charge in [-0.15, -0.1) is 0 Å². The minimum absolute atomic E-state index is 0.0344. The molecule has 3 atom stereocenters. The summed E-state index contributed by atoms with van der Waals surface area (Å²) in [5.41, 5.74) is 8.10. The summed E-state index contributed by atoms with van der Waals surface area (Å²) in [6.07, 6.45) is 3.61. The van der Waals surface area contributed by atoms with Crippen molar-refractivity contribution in [3.05, 3.63) is 59.2 Å². The number of ether oxygens (including phenoxy) is 2. The van der Waals surface area contributed by atoms with E-state index in [0.717, 1.165) is 37.0 Å². The van der Waals surface area contributed by atoms with E-state index in [0.29, 0.717) is 48.6 Å². The molecule has 44 heavy (non-hydrogen) atoms. The predicted molar refractivity (Wildman–Crippen MR) is 162 cm³/mol. The van der Waals surface area contributed by atoms with Crippen LogP contribution in [0.4, 0.5) is 4.79 Å². The molecule has 12 heteroatoms. The smallest absolute Gasteiger partial charge is 0.405 e. The highest BCUT2D eigenvalue weighted by Crippen LogP contribution is 2.40. The number of likely N-dealkylation sites (tertiary alicyclic amines) is 1. The molecule has 3 aliphatic rings. The van der Waals surface area contributed by atoms with Crippen molar-refractivity contribution in [2.24, 2.45) is 22.7 Å². The van der Waals surface area contributed by atoms with Gasteiger partial charge in [-0.1, -0.05) is 25.0 Å². The molecular formula is C32H39N5O7.